The Kier molecular flexibility index (Phi) is 9.35. The van der Waals surface area contributed by atoms with Crippen LogP contribution in [0.5, 0.6) is 0 Å². The summed E-state index contributed by atoms with van der Waals surface area (Å²) < 4.78 is 79.6. The number of hydrogen-bond acceptors (Lipinski definition) is 5. The number of ether oxygens (including phenoxy) is 1. The molecule has 0 heterocycles. The summed E-state index contributed by atoms with van der Waals surface area (Å²) >= 11 is 0. The molecule has 0 unspecified atom stereocenters. The molecular formula is C27H31F3O5SSi. The molecule has 10 heteroatoms. The second-order valence-electron chi connectivity index (χ2n) is 9.59. The number of alkyl halides is 3. The van der Waals surface area contributed by atoms with Crippen molar-refractivity contribution in [1.29, 1.82) is 0 Å². The van der Waals surface area contributed by atoms with E-state index in [1.807, 2.05) is 112 Å². The van der Waals surface area contributed by atoms with Crippen LogP contribution in [0.4, 0.5) is 13.2 Å². The Morgan fingerprint density at radius 3 is 1.65 bits per heavy atom. The second kappa shape index (κ2) is 11.9. The van der Waals surface area contributed by atoms with Crippen LogP contribution >= 0.6 is 0 Å². The molecule has 0 aliphatic heterocycles. The zero-order valence-corrected chi connectivity index (χ0v) is 22.8. The highest BCUT2D eigenvalue weighted by atomic mass is 32.2. The first-order valence-electron chi connectivity index (χ1n) is 11.7. The summed E-state index contributed by atoms with van der Waals surface area (Å²) in [6.07, 6.45) is -1.10. The molecule has 0 saturated carbocycles. The largest absolute Gasteiger partial charge is 0.523 e. The topological polar surface area (TPSA) is 61.8 Å². The van der Waals surface area contributed by atoms with Gasteiger partial charge in [-0.15, -0.1) is 0 Å². The van der Waals surface area contributed by atoms with Crippen molar-refractivity contribution >= 4 is 28.8 Å². The van der Waals surface area contributed by atoms with Gasteiger partial charge in [-0.05, 0) is 21.0 Å². The van der Waals surface area contributed by atoms with Crippen LogP contribution in [0.2, 0.25) is 5.04 Å². The van der Waals surface area contributed by atoms with Gasteiger partial charge in [0, 0.05) is 0 Å². The lowest BCUT2D eigenvalue weighted by Crippen LogP contribution is -2.68. The average molecular weight is 553 g/mol. The molecule has 0 aliphatic rings. The first-order valence-corrected chi connectivity index (χ1v) is 15.0. The molecule has 0 spiro atoms. The zero-order chi connectivity index (χ0) is 27.2. The number of hydrogen-bond donors (Lipinski definition) is 0. The first kappa shape index (κ1) is 29.1. The molecule has 0 fully saturated rings. The molecule has 0 radical (unpaired) electrons. The Balaban J connectivity index is 2.01. The van der Waals surface area contributed by atoms with Crippen molar-refractivity contribution in [2.24, 2.45) is 0 Å². The Morgan fingerprint density at radius 1 is 0.757 bits per heavy atom. The van der Waals surface area contributed by atoms with E-state index in [1.165, 1.54) is 0 Å². The van der Waals surface area contributed by atoms with Gasteiger partial charge >= 0.3 is 15.6 Å². The van der Waals surface area contributed by atoms with E-state index in [9.17, 15) is 21.6 Å². The van der Waals surface area contributed by atoms with Crippen LogP contribution in [0, 0.1) is 0 Å². The van der Waals surface area contributed by atoms with Crippen molar-refractivity contribution in [3.05, 3.63) is 96.6 Å². The summed E-state index contributed by atoms with van der Waals surface area (Å²) in [7, 11) is -9.03. The third-order valence-electron chi connectivity index (χ3n) is 5.87. The molecule has 3 aromatic carbocycles. The van der Waals surface area contributed by atoms with E-state index in [0.29, 0.717) is 0 Å². The van der Waals surface area contributed by atoms with Crippen LogP contribution in [0.3, 0.4) is 0 Å². The van der Waals surface area contributed by atoms with Gasteiger partial charge in [0.1, 0.15) is 0 Å². The Bertz CT molecular complexity index is 1180. The van der Waals surface area contributed by atoms with Crippen molar-refractivity contribution in [1.82, 2.24) is 0 Å². The highest BCUT2D eigenvalue weighted by Crippen LogP contribution is 2.38. The summed E-state index contributed by atoms with van der Waals surface area (Å²) in [5, 5.41) is 1.29. The lowest BCUT2D eigenvalue weighted by Gasteiger charge is -2.45. The molecular weight excluding hydrogens is 521 g/mol. The van der Waals surface area contributed by atoms with E-state index in [4.69, 9.17) is 9.16 Å². The summed E-state index contributed by atoms with van der Waals surface area (Å²) in [5.41, 5.74) is -4.68. The maximum Gasteiger partial charge on any atom is 0.523 e. The molecule has 3 aromatic rings. The monoisotopic (exact) mass is 552 g/mol. The molecule has 0 aliphatic carbocycles. The number of rotatable bonds is 11. The van der Waals surface area contributed by atoms with E-state index >= 15 is 0 Å². The summed E-state index contributed by atoms with van der Waals surface area (Å²) in [5.74, 6) is 0. The fourth-order valence-corrected chi connectivity index (χ4v) is 9.29. The van der Waals surface area contributed by atoms with E-state index in [-0.39, 0.29) is 13.2 Å². The minimum atomic E-state index is -5.81. The van der Waals surface area contributed by atoms with Gasteiger partial charge in [-0.25, -0.2) is 0 Å². The predicted molar refractivity (Wildman–Crippen MR) is 140 cm³/mol. The van der Waals surface area contributed by atoms with E-state index in [0.717, 1.165) is 15.9 Å². The van der Waals surface area contributed by atoms with Gasteiger partial charge in [-0.3, -0.25) is 4.18 Å². The quantitative estimate of drug-likeness (QED) is 0.190. The molecule has 0 N–H and O–H groups in total. The smallest absolute Gasteiger partial charge is 0.400 e. The first-order chi connectivity index (χ1) is 17.4. The van der Waals surface area contributed by atoms with Gasteiger partial charge in [-0.2, -0.15) is 21.6 Å². The minimum absolute atomic E-state index is 0.174. The minimum Gasteiger partial charge on any atom is -0.400 e. The Morgan fingerprint density at radius 2 is 1.22 bits per heavy atom. The zero-order valence-electron chi connectivity index (χ0n) is 20.9. The molecule has 0 saturated heterocycles. The van der Waals surface area contributed by atoms with Gasteiger partial charge in [0.15, 0.2) is 0 Å². The van der Waals surface area contributed by atoms with Crippen molar-refractivity contribution in [3.8, 4) is 0 Å². The van der Waals surface area contributed by atoms with E-state index in [1.54, 1.807) is 0 Å². The standard InChI is InChI=1S/C27H31F3O5SSi/c1-26(2,3)37(24-15-9-5-10-16-24,25-17-11-6-12-18-25)35-23(21-34-36(31,32)27(28,29)30)20-33-19-22-13-7-4-8-14-22/h4-18,23H,19-21H2,1-3H3/t23-/m1/s1. The third kappa shape index (κ3) is 7.08. The highest BCUT2D eigenvalue weighted by molar-refractivity contribution is 7.87. The van der Waals surface area contributed by atoms with Crippen LogP contribution in [0.25, 0.3) is 0 Å². The molecule has 200 valence electrons. The summed E-state index contributed by atoms with van der Waals surface area (Å²) in [4.78, 5) is 0. The number of halogens is 3. The van der Waals surface area contributed by atoms with Gasteiger partial charge in [0.2, 0.25) is 0 Å². The summed E-state index contributed by atoms with van der Waals surface area (Å²) in [6.45, 7) is 5.18. The van der Waals surface area contributed by atoms with Crippen LogP contribution in [0.1, 0.15) is 26.3 Å². The molecule has 0 bridgehead atoms. The van der Waals surface area contributed by atoms with Gasteiger partial charge < -0.3 is 9.16 Å². The fourth-order valence-electron chi connectivity index (χ4n) is 4.17. The Labute approximate surface area is 217 Å². The lowest BCUT2D eigenvalue weighted by molar-refractivity contribution is -0.0583. The van der Waals surface area contributed by atoms with Gasteiger partial charge in [0.05, 0.1) is 25.9 Å². The fraction of sp³-hybridized carbons (Fsp3) is 0.333. The number of benzene rings is 3. The maximum absolute atomic E-state index is 13.0. The van der Waals surface area contributed by atoms with Crippen molar-refractivity contribution < 1.29 is 34.9 Å². The Hall–Kier alpha value is -2.50. The molecule has 5 nitrogen and oxygen atoms in total. The van der Waals surface area contributed by atoms with Crippen LogP contribution in [-0.4, -0.2) is 41.6 Å². The molecule has 3 rings (SSSR count). The van der Waals surface area contributed by atoms with Crippen molar-refractivity contribution in [2.45, 2.75) is 44.0 Å². The SMILES string of the molecule is CC(C)(C)[Si](O[C@H](COCc1ccccc1)COS(=O)(=O)C(F)(F)F)(c1ccccc1)c1ccccc1. The molecule has 37 heavy (non-hydrogen) atoms. The normalized spacial score (nSPS) is 13.9. The second-order valence-corrected chi connectivity index (χ2v) is 15.4. The molecule has 1 atom stereocenters. The van der Waals surface area contributed by atoms with E-state index in [2.05, 4.69) is 4.18 Å². The van der Waals surface area contributed by atoms with Crippen LogP contribution < -0.4 is 10.4 Å². The van der Waals surface area contributed by atoms with Gasteiger partial charge in [0.25, 0.3) is 8.32 Å². The summed E-state index contributed by atoms with van der Waals surface area (Å²) in [6, 6.07) is 28.2. The lowest BCUT2D eigenvalue weighted by atomic mass is 10.2. The van der Waals surface area contributed by atoms with Crippen molar-refractivity contribution in [2.75, 3.05) is 13.2 Å². The van der Waals surface area contributed by atoms with Crippen LogP contribution in [0.15, 0.2) is 91.0 Å². The van der Waals surface area contributed by atoms with Crippen molar-refractivity contribution in [3.63, 3.8) is 0 Å². The predicted octanol–water partition coefficient (Wildman–Crippen LogP) is 5.01. The average Bonchev–Trinajstić information content (AvgIpc) is 2.85. The molecule has 0 amide bonds. The molecule has 0 aromatic heterocycles. The van der Waals surface area contributed by atoms with Gasteiger partial charge in [-0.1, -0.05) is 112 Å². The van der Waals surface area contributed by atoms with E-state index < -0.39 is 41.7 Å². The van der Waals surface area contributed by atoms with Crippen LogP contribution in [-0.2, 0) is 30.1 Å². The highest BCUT2D eigenvalue weighted by Gasteiger charge is 2.52. The maximum atomic E-state index is 13.0. The third-order valence-corrected chi connectivity index (χ3v) is 12.0.